The first kappa shape index (κ1) is 26.2. The molecule has 0 amide bonds. The lowest BCUT2D eigenvalue weighted by Gasteiger charge is -2.13. The molecule has 0 atom stereocenters. The number of fused-ring (bicyclic) bond motifs is 1. The zero-order valence-corrected chi connectivity index (χ0v) is 22.5. The van der Waals surface area contributed by atoms with Crippen LogP contribution in [0.3, 0.4) is 0 Å². The average Bonchev–Trinajstić information content (AvgIpc) is 3.35. The van der Waals surface area contributed by atoms with Gasteiger partial charge in [0.2, 0.25) is 5.43 Å². The Labute approximate surface area is 229 Å². The molecular formula is C31H28N2O5S. The molecule has 2 heterocycles. The van der Waals surface area contributed by atoms with Crippen LogP contribution in [-0.4, -0.2) is 29.9 Å². The minimum Gasteiger partial charge on any atom is -0.497 e. The predicted molar refractivity (Wildman–Crippen MR) is 154 cm³/mol. The highest BCUT2D eigenvalue weighted by molar-refractivity contribution is 7.22. The summed E-state index contributed by atoms with van der Waals surface area (Å²) in [4.78, 5) is 27.4. The Kier molecular flexibility index (Phi) is 7.76. The molecular weight excluding hydrogens is 512 g/mol. The molecule has 2 N–H and O–H groups in total. The number of para-hydroxylation sites is 1. The van der Waals surface area contributed by atoms with Crippen LogP contribution in [0, 0.1) is 0 Å². The summed E-state index contributed by atoms with van der Waals surface area (Å²) >= 11 is 1.48. The normalized spacial score (nSPS) is 11.0. The molecule has 7 nitrogen and oxygen atoms in total. The summed E-state index contributed by atoms with van der Waals surface area (Å²) in [5.74, 6) is 0.168. The number of ether oxygens (including phenoxy) is 2. The van der Waals surface area contributed by atoms with E-state index in [0.717, 1.165) is 32.9 Å². The van der Waals surface area contributed by atoms with E-state index >= 15 is 0 Å². The van der Waals surface area contributed by atoms with Gasteiger partial charge in [0, 0.05) is 29.7 Å². The number of thiophene rings is 1. The van der Waals surface area contributed by atoms with Gasteiger partial charge in [0.1, 0.15) is 21.9 Å². The number of aromatic carboxylic acids is 1. The highest BCUT2D eigenvalue weighted by Crippen LogP contribution is 2.39. The van der Waals surface area contributed by atoms with Gasteiger partial charge in [-0.25, -0.2) is 4.79 Å². The highest BCUT2D eigenvalue weighted by atomic mass is 32.1. The van der Waals surface area contributed by atoms with E-state index in [2.05, 4.69) is 5.32 Å². The molecule has 0 aliphatic heterocycles. The maximum absolute atomic E-state index is 13.6. The van der Waals surface area contributed by atoms with Crippen molar-refractivity contribution in [3.8, 4) is 21.9 Å². The topological polar surface area (TPSA) is 89.8 Å². The molecule has 0 aliphatic carbocycles. The van der Waals surface area contributed by atoms with Gasteiger partial charge >= 0.3 is 5.97 Å². The van der Waals surface area contributed by atoms with Crippen LogP contribution in [0.4, 0.5) is 0 Å². The average molecular weight is 541 g/mol. The molecule has 8 heteroatoms. The second-order valence-electron chi connectivity index (χ2n) is 9.02. The van der Waals surface area contributed by atoms with E-state index in [1.54, 1.807) is 14.2 Å². The van der Waals surface area contributed by atoms with E-state index in [1.807, 2.05) is 83.4 Å². The molecule has 0 aliphatic rings. The SMILES string of the molecule is COc1ccc(-c2sc3c(c2CNCc2ccccc2)c(=O)c(C(=O)O)cn3Cc2ccccc2OC)cc1. The number of aromatic nitrogens is 1. The summed E-state index contributed by atoms with van der Waals surface area (Å²) in [5.41, 5.74) is 2.95. The lowest BCUT2D eigenvalue weighted by molar-refractivity contribution is 0.0695. The number of carbonyl (C=O) groups is 1. The Hall–Kier alpha value is -4.40. The minimum absolute atomic E-state index is 0.263. The van der Waals surface area contributed by atoms with E-state index in [0.29, 0.717) is 35.6 Å². The van der Waals surface area contributed by atoms with Gasteiger partial charge in [-0.2, -0.15) is 0 Å². The maximum Gasteiger partial charge on any atom is 0.341 e. The van der Waals surface area contributed by atoms with Crippen LogP contribution in [0.1, 0.15) is 27.0 Å². The number of nitrogens with zero attached hydrogens (tertiary/aromatic N) is 1. The van der Waals surface area contributed by atoms with Gasteiger partial charge in [-0.1, -0.05) is 48.5 Å². The molecule has 198 valence electrons. The van der Waals surface area contributed by atoms with Crippen molar-refractivity contribution in [2.45, 2.75) is 19.6 Å². The van der Waals surface area contributed by atoms with Gasteiger partial charge < -0.3 is 24.5 Å². The summed E-state index contributed by atoms with van der Waals surface area (Å²) in [6.07, 6.45) is 1.44. The zero-order chi connectivity index (χ0) is 27.4. The van der Waals surface area contributed by atoms with Crippen LogP contribution in [-0.2, 0) is 19.6 Å². The molecule has 5 aromatic rings. The zero-order valence-electron chi connectivity index (χ0n) is 21.6. The van der Waals surface area contributed by atoms with Crippen molar-refractivity contribution in [2.24, 2.45) is 0 Å². The summed E-state index contributed by atoms with van der Waals surface area (Å²) in [5, 5.41) is 13.8. The van der Waals surface area contributed by atoms with E-state index in [9.17, 15) is 14.7 Å². The van der Waals surface area contributed by atoms with E-state index in [1.165, 1.54) is 17.5 Å². The molecule has 3 aromatic carbocycles. The Morgan fingerprint density at radius 2 is 1.64 bits per heavy atom. The number of carboxylic acid groups (broad SMARTS) is 1. The number of carboxylic acids is 1. The molecule has 0 radical (unpaired) electrons. The Morgan fingerprint density at radius 1 is 0.923 bits per heavy atom. The van der Waals surface area contributed by atoms with Crippen molar-refractivity contribution < 1.29 is 19.4 Å². The maximum atomic E-state index is 13.6. The summed E-state index contributed by atoms with van der Waals surface area (Å²) in [7, 11) is 3.22. The Balaban J connectivity index is 1.69. The van der Waals surface area contributed by atoms with Crippen molar-refractivity contribution in [1.29, 1.82) is 0 Å². The molecule has 0 unspecified atom stereocenters. The Bertz CT molecular complexity index is 1670. The minimum atomic E-state index is -1.25. The van der Waals surface area contributed by atoms with Gasteiger partial charge in [0.15, 0.2) is 0 Å². The largest absolute Gasteiger partial charge is 0.497 e. The molecule has 0 fully saturated rings. The van der Waals surface area contributed by atoms with E-state index < -0.39 is 11.4 Å². The van der Waals surface area contributed by atoms with Crippen molar-refractivity contribution in [1.82, 2.24) is 9.88 Å². The molecule has 39 heavy (non-hydrogen) atoms. The lowest BCUT2D eigenvalue weighted by Crippen LogP contribution is -2.20. The Morgan fingerprint density at radius 3 is 2.33 bits per heavy atom. The monoisotopic (exact) mass is 540 g/mol. The number of hydrogen-bond acceptors (Lipinski definition) is 6. The van der Waals surface area contributed by atoms with Crippen LogP contribution in [0.15, 0.2) is 89.9 Å². The quantitative estimate of drug-likeness (QED) is 0.233. The van der Waals surface area contributed by atoms with Crippen LogP contribution in [0.25, 0.3) is 20.7 Å². The standard InChI is InChI=1S/C31H28N2O5S/c1-37-23-14-12-21(13-15-23)29-24(17-32-16-20-8-4-3-5-9-20)27-28(34)25(31(35)36)19-33(30(27)39-29)18-22-10-6-7-11-26(22)38-2/h3-15,19,32H,16-18H2,1-2H3,(H,35,36). The smallest absolute Gasteiger partial charge is 0.341 e. The number of rotatable bonds is 10. The van der Waals surface area contributed by atoms with Gasteiger partial charge in [-0.15, -0.1) is 11.3 Å². The van der Waals surface area contributed by atoms with E-state index in [4.69, 9.17) is 9.47 Å². The number of benzene rings is 3. The van der Waals surface area contributed by atoms with Crippen molar-refractivity contribution in [2.75, 3.05) is 14.2 Å². The van der Waals surface area contributed by atoms with Crippen molar-refractivity contribution >= 4 is 27.5 Å². The first-order chi connectivity index (χ1) is 19.0. The third-order valence-electron chi connectivity index (χ3n) is 6.60. The molecule has 0 saturated carbocycles. The number of nitrogens with one attached hydrogen (secondary N) is 1. The molecule has 2 aromatic heterocycles. The van der Waals surface area contributed by atoms with Crippen molar-refractivity contribution in [3.05, 3.63) is 118 Å². The number of methoxy groups -OCH3 is 2. The summed E-state index contributed by atoms with van der Waals surface area (Å²) < 4.78 is 12.7. The highest BCUT2D eigenvalue weighted by Gasteiger charge is 2.23. The van der Waals surface area contributed by atoms with Crippen LogP contribution < -0.4 is 20.2 Å². The first-order valence-corrected chi connectivity index (χ1v) is 13.2. The number of hydrogen-bond donors (Lipinski definition) is 2. The molecule has 5 rings (SSSR count). The van der Waals surface area contributed by atoms with Gasteiger partial charge in [0.25, 0.3) is 0 Å². The van der Waals surface area contributed by atoms with Gasteiger partial charge in [-0.3, -0.25) is 4.79 Å². The van der Waals surface area contributed by atoms with Crippen molar-refractivity contribution in [3.63, 3.8) is 0 Å². The summed E-state index contributed by atoms with van der Waals surface area (Å²) in [6.45, 7) is 1.35. The predicted octanol–water partition coefficient (Wildman–Crippen LogP) is 5.78. The second-order valence-corrected chi connectivity index (χ2v) is 10.0. The fourth-order valence-corrected chi connectivity index (χ4v) is 5.95. The fraction of sp³-hybridized carbons (Fsp3) is 0.161. The first-order valence-electron chi connectivity index (χ1n) is 12.4. The van der Waals surface area contributed by atoms with E-state index in [-0.39, 0.29) is 5.56 Å². The second kappa shape index (κ2) is 11.6. The fourth-order valence-electron chi connectivity index (χ4n) is 4.65. The lowest BCUT2D eigenvalue weighted by atomic mass is 10.0. The van der Waals surface area contributed by atoms with Crippen LogP contribution in [0.5, 0.6) is 11.5 Å². The summed E-state index contributed by atoms with van der Waals surface area (Å²) in [6, 6.07) is 25.3. The third-order valence-corrected chi connectivity index (χ3v) is 7.91. The molecule has 0 spiro atoms. The third kappa shape index (κ3) is 5.43. The molecule has 0 bridgehead atoms. The molecule has 0 saturated heterocycles. The van der Waals surface area contributed by atoms with Gasteiger partial charge in [-0.05, 0) is 47.0 Å². The van der Waals surface area contributed by atoms with Gasteiger partial charge in [0.05, 0.1) is 26.2 Å². The van der Waals surface area contributed by atoms with Crippen LogP contribution in [0.2, 0.25) is 0 Å². The van der Waals surface area contributed by atoms with Crippen LogP contribution >= 0.6 is 11.3 Å². The number of pyridine rings is 1.